The van der Waals surface area contributed by atoms with Gasteiger partial charge in [0.05, 0.1) is 4.90 Å². The zero-order valence-electron chi connectivity index (χ0n) is 10.2. The van der Waals surface area contributed by atoms with Gasteiger partial charge in [0.1, 0.15) is 0 Å². The van der Waals surface area contributed by atoms with Gasteiger partial charge in [-0.05, 0) is 22.9 Å². The number of carbonyl (C=O) groups excluding carboxylic acids is 2. The first-order valence-corrected chi connectivity index (χ1v) is 7.37. The first kappa shape index (κ1) is 12.6. The summed E-state index contributed by atoms with van der Waals surface area (Å²) in [7, 11) is -3.96. The molecule has 0 saturated carbocycles. The van der Waals surface area contributed by atoms with E-state index in [4.69, 9.17) is 0 Å². The van der Waals surface area contributed by atoms with Crippen molar-refractivity contribution in [2.45, 2.75) is 10.3 Å². The van der Waals surface area contributed by atoms with Crippen LogP contribution >= 0.6 is 0 Å². The van der Waals surface area contributed by atoms with E-state index < -0.39 is 27.1 Å². The number of urea groups is 1. The molecule has 102 valence electrons. The van der Waals surface area contributed by atoms with Gasteiger partial charge in [0.2, 0.25) is 15.2 Å². The molecule has 1 fully saturated rings. The van der Waals surface area contributed by atoms with E-state index in [1.165, 1.54) is 12.1 Å². The van der Waals surface area contributed by atoms with Crippen molar-refractivity contribution in [1.82, 2.24) is 10.6 Å². The van der Waals surface area contributed by atoms with Gasteiger partial charge < -0.3 is 5.32 Å². The highest BCUT2D eigenvalue weighted by Gasteiger charge is 2.41. The summed E-state index contributed by atoms with van der Waals surface area (Å²) in [6.07, 6.45) is 0. The molecule has 0 aromatic heterocycles. The van der Waals surface area contributed by atoms with Crippen LogP contribution in [0.4, 0.5) is 4.79 Å². The summed E-state index contributed by atoms with van der Waals surface area (Å²) >= 11 is 0. The SMILES string of the molecule is O=C1NC(=O)C(S(=O)(=O)c2ccc3ccccc3c2)N1. The zero-order valence-corrected chi connectivity index (χ0v) is 11.0. The number of rotatable bonds is 2. The van der Waals surface area contributed by atoms with Crippen LogP contribution in [0.25, 0.3) is 10.8 Å². The van der Waals surface area contributed by atoms with E-state index in [1.807, 2.05) is 17.4 Å². The number of hydrogen-bond acceptors (Lipinski definition) is 4. The Morgan fingerprint density at radius 1 is 0.950 bits per heavy atom. The molecule has 1 saturated heterocycles. The van der Waals surface area contributed by atoms with Crippen LogP contribution in [0.5, 0.6) is 0 Å². The number of nitrogens with one attached hydrogen (secondary N) is 2. The largest absolute Gasteiger partial charge is 0.322 e. The van der Waals surface area contributed by atoms with Gasteiger partial charge in [-0.25, -0.2) is 13.2 Å². The lowest BCUT2D eigenvalue weighted by molar-refractivity contribution is -0.118. The second-order valence-corrected chi connectivity index (χ2v) is 6.43. The van der Waals surface area contributed by atoms with Crippen molar-refractivity contribution in [3.8, 4) is 0 Å². The topological polar surface area (TPSA) is 92.3 Å². The quantitative estimate of drug-likeness (QED) is 0.799. The van der Waals surface area contributed by atoms with Crippen molar-refractivity contribution in [3.05, 3.63) is 42.5 Å². The molecule has 1 atom stereocenters. The second kappa shape index (κ2) is 4.31. The molecule has 3 amide bonds. The number of benzene rings is 2. The zero-order chi connectivity index (χ0) is 14.3. The van der Waals surface area contributed by atoms with E-state index in [1.54, 1.807) is 18.2 Å². The maximum atomic E-state index is 12.4. The normalized spacial score (nSPS) is 18.9. The number of amides is 3. The maximum Gasteiger partial charge on any atom is 0.322 e. The lowest BCUT2D eigenvalue weighted by Gasteiger charge is -2.10. The molecule has 1 heterocycles. The minimum atomic E-state index is -3.96. The summed E-state index contributed by atoms with van der Waals surface area (Å²) in [5, 5.41) is 4.08. The van der Waals surface area contributed by atoms with Gasteiger partial charge >= 0.3 is 6.03 Å². The van der Waals surface area contributed by atoms with Crippen molar-refractivity contribution < 1.29 is 18.0 Å². The van der Waals surface area contributed by atoms with Crippen molar-refractivity contribution in [3.63, 3.8) is 0 Å². The predicted molar refractivity (Wildman–Crippen MR) is 71.6 cm³/mol. The highest BCUT2D eigenvalue weighted by molar-refractivity contribution is 7.92. The minimum Gasteiger partial charge on any atom is -0.313 e. The highest BCUT2D eigenvalue weighted by atomic mass is 32.2. The van der Waals surface area contributed by atoms with E-state index in [-0.39, 0.29) is 4.90 Å². The van der Waals surface area contributed by atoms with Crippen LogP contribution in [0, 0.1) is 0 Å². The molecule has 0 spiro atoms. The monoisotopic (exact) mass is 290 g/mol. The second-order valence-electron chi connectivity index (χ2n) is 4.40. The van der Waals surface area contributed by atoms with Gasteiger partial charge in [-0.15, -0.1) is 0 Å². The summed E-state index contributed by atoms with van der Waals surface area (Å²) < 4.78 is 24.7. The van der Waals surface area contributed by atoms with Crippen LogP contribution in [0.2, 0.25) is 0 Å². The molecular formula is C13H10N2O4S. The maximum absolute atomic E-state index is 12.4. The first-order chi connectivity index (χ1) is 9.48. The van der Waals surface area contributed by atoms with Gasteiger partial charge in [-0.3, -0.25) is 10.1 Å². The Labute approximate surface area is 114 Å². The van der Waals surface area contributed by atoms with Crippen molar-refractivity contribution >= 4 is 32.5 Å². The molecule has 0 bridgehead atoms. The molecule has 2 aromatic carbocycles. The van der Waals surface area contributed by atoms with E-state index in [0.717, 1.165) is 10.8 Å². The fourth-order valence-electron chi connectivity index (χ4n) is 2.10. The third-order valence-corrected chi connectivity index (χ3v) is 4.96. The number of hydrogen-bond donors (Lipinski definition) is 2. The first-order valence-electron chi connectivity index (χ1n) is 5.82. The number of sulfone groups is 1. The van der Waals surface area contributed by atoms with Crippen LogP contribution in [0.3, 0.4) is 0 Å². The molecular weight excluding hydrogens is 280 g/mol. The third kappa shape index (κ3) is 1.92. The Hall–Kier alpha value is -2.41. The molecule has 1 aliphatic heterocycles. The summed E-state index contributed by atoms with van der Waals surface area (Å²) in [5.41, 5.74) is 0. The summed E-state index contributed by atoms with van der Waals surface area (Å²) in [5.74, 6) is -0.858. The van der Waals surface area contributed by atoms with E-state index in [9.17, 15) is 18.0 Å². The molecule has 6 nitrogen and oxygen atoms in total. The highest BCUT2D eigenvalue weighted by Crippen LogP contribution is 2.22. The van der Waals surface area contributed by atoms with Crippen LogP contribution < -0.4 is 10.6 Å². The molecule has 0 aliphatic carbocycles. The molecule has 7 heteroatoms. The van der Waals surface area contributed by atoms with Crippen molar-refractivity contribution in [1.29, 1.82) is 0 Å². The lowest BCUT2D eigenvalue weighted by atomic mass is 10.1. The standard InChI is InChI=1S/C13H10N2O4S/c16-11-12(15-13(17)14-11)20(18,19)10-6-5-8-3-1-2-4-9(8)7-10/h1-7,12H,(H2,14,15,16,17). The Morgan fingerprint density at radius 3 is 2.30 bits per heavy atom. The molecule has 2 N–H and O–H groups in total. The summed E-state index contributed by atoms with van der Waals surface area (Å²) in [6, 6.07) is 11.1. The Balaban J connectivity index is 2.09. The number of fused-ring (bicyclic) bond motifs is 1. The van der Waals surface area contributed by atoms with Crippen LogP contribution in [-0.4, -0.2) is 25.7 Å². The molecule has 1 unspecified atom stereocenters. The van der Waals surface area contributed by atoms with Gasteiger partial charge in [0, 0.05) is 0 Å². The lowest BCUT2D eigenvalue weighted by Crippen LogP contribution is -2.37. The predicted octanol–water partition coefficient (Wildman–Crippen LogP) is 0.779. The van der Waals surface area contributed by atoms with Gasteiger partial charge in [0.15, 0.2) is 0 Å². The fourth-order valence-corrected chi connectivity index (χ4v) is 3.52. The average molecular weight is 290 g/mol. The van der Waals surface area contributed by atoms with E-state index in [2.05, 4.69) is 5.32 Å². The Morgan fingerprint density at radius 2 is 1.65 bits per heavy atom. The molecule has 20 heavy (non-hydrogen) atoms. The average Bonchev–Trinajstić information content (AvgIpc) is 2.78. The van der Waals surface area contributed by atoms with E-state index in [0.29, 0.717) is 0 Å². The van der Waals surface area contributed by atoms with E-state index >= 15 is 0 Å². The third-order valence-electron chi connectivity index (χ3n) is 3.10. The summed E-state index contributed by atoms with van der Waals surface area (Å²) in [6.45, 7) is 0. The van der Waals surface area contributed by atoms with Crippen molar-refractivity contribution in [2.75, 3.05) is 0 Å². The summed E-state index contributed by atoms with van der Waals surface area (Å²) in [4.78, 5) is 22.5. The minimum absolute atomic E-state index is 0.00134. The Kier molecular flexibility index (Phi) is 2.72. The molecule has 3 rings (SSSR count). The van der Waals surface area contributed by atoms with Crippen molar-refractivity contribution in [2.24, 2.45) is 0 Å². The van der Waals surface area contributed by atoms with Gasteiger partial charge in [-0.1, -0.05) is 30.3 Å². The molecule has 1 aliphatic rings. The van der Waals surface area contributed by atoms with Gasteiger partial charge in [-0.2, -0.15) is 0 Å². The van der Waals surface area contributed by atoms with Crippen LogP contribution in [0.15, 0.2) is 47.4 Å². The van der Waals surface area contributed by atoms with Crippen LogP contribution in [0.1, 0.15) is 0 Å². The smallest absolute Gasteiger partial charge is 0.313 e. The Bertz CT molecular complexity index is 829. The van der Waals surface area contributed by atoms with Crippen LogP contribution in [-0.2, 0) is 14.6 Å². The fraction of sp³-hybridized carbons (Fsp3) is 0.0769. The van der Waals surface area contributed by atoms with Gasteiger partial charge in [0.25, 0.3) is 5.91 Å². The number of carbonyl (C=O) groups is 2. The molecule has 2 aromatic rings. The molecule has 0 radical (unpaired) electrons. The number of imide groups is 1.